The zero-order chi connectivity index (χ0) is 17.5. The number of carbonyl (C=O) groups is 2. The molecular weight excluding hydrogens is 292 g/mol. The van der Waals surface area contributed by atoms with E-state index in [0.717, 1.165) is 11.1 Å². The number of ether oxygens (including phenoxy) is 2. The molecule has 1 aromatic carbocycles. The van der Waals surface area contributed by atoms with E-state index in [4.69, 9.17) is 9.47 Å². The smallest absolute Gasteiger partial charge is 0.316 e. The van der Waals surface area contributed by atoms with Gasteiger partial charge in [-0.25, -0.2) is 0 Å². The Balaban J connectivity index is 2.76. The van der Waals surface area contributed by atoms with E-state index >= 15 is 0 Å². The van der Waals surface area contributed by atoms with Gasteiger partial charge in [-0.05, 0) is 63.1 Å². The summed E-state index contributed by atoms with van der Waals surface area (Å²) in [5.41, 5.74) is 1.07. The molecule has 4 nitrogen and oxygen atoms in total. The number of hydrogen-bond acceptors (Lipinski definition) is 4. The monoisotopic (exact) mass is 314 g/mol. The van der Waals surface area contributed by atoms with Gasteiger partial charge in [0.15, 0.2) is 0 Å². The van der Waals surface area contributed by atoms with Gasteiger partial charge in [-0.3, -0.25) is 9.59 Å². The summed E-state index contributed by atoms with van der Waals surface area (Å²) in [5.74, 6) is 0.647. The van der Waals surface area contributed by atoms with Crippen molar-refractivity contribution in [2.24, 2.45) is 5.41 Å². The summed E-state index contributed by atoms with van der Waals surface area (Å²) in [6.45, 7) is 11.5. The second-order valence-corrected chi connectivity index (χ2v) is 5.93. The fourth-order valence-corrected chi connectivity index (χ4v) is 1.54. The molecule has 0 heterocycles. The summed E-state index contributed by atoms with van der Waals surface area (Å²) in [4.78, 5) is 22.1. The van der Waals surface area contributed by atoms with E-state index in [2.05, 4.69) is 6.58 Å². The Morgan fingerprint density at radius 2 is 1.74 bits per heavy atom. The Morgan fingerprint density at radius 1 is 1.13 bits per heavy atom. The van der Waals surface area contributed by atoms with E-state index in [1.165, 1.54) is 0 Å². The summed E-state index contributed by atoms with van der Waals surface area (Å²) in [6, 6.07) is 7.06. The number of esters is 1. The summed E-state index contributed by atoms with van der Waals surface area (Å²) in [5, 5.41) is 0. The predicted octanol–water partition coefficient (Wildman–Crippen LogP) is 4.28. The number of rotatable bonds is 6. The zero-order valence-electron chi connectivity index (χ0n) is 14.0. The highest BCUT2D eigenvalue weighted by Gasteiger charge is 2.23. The van der Waals surface area contributed by atoms with Crippen molar-refractivity contribution in [3.8, 4) is 5.75 Å². The molecule has 0 atom stereocenters. The standard InChI is InChI=1S/C19H22O4/c1-6-16(22-13-20)10-7-14(2)15-8-11-17(12-9-15)23-18(21)19(3,4)5/h6-13H,2H2,1,3-5H3/b10-7-,16-6+. The maximum Gasteiger partial charge on any atom is 0.316 e. The topological polar surface area (TPSA) is 52.6 Å². The van der Waals surface area contributed by atoms with Crippen LogP contribution in [0, 0.1) is 5.41 Å². The summed E-state index contributed by atoms with van der Waals surface area (Å²) in [7, 11) is 0. The van der Waals surface area contributed by atoms with Crippen LogP contribution in [0.3, 0.4) is 0 Å². The Labute approximate surface area is 137 Å². The SMILES string of the molecule is C=C(/C=C\C(=C/C)OC=O)c1ccc(OC(=O)C(C)(C)C)cc1. The van der Waals surface area contributed by atoms with Crippen LogP contribution < -0.4 is 4.74 Å². The minimum absolute atomic E-state index is 0.285. The van der Waals surface area contributed by atoms with E-state index in [9.17, 15) is 9.59 Å². The van der Waals surface area contributed by atoms with Crippen molar-refractivity contribution in [1.82, 2.24) is 0 Å². The third-order valence-electron chi connectivity index (χ3n) is 2.97. The van der Waals surface area contributed by atoms with Crippen molar-refractivity contribution in [1.29, 1.82) is 0 Å². The molecule has 0 amide bonds. The van der Waals surface area contributed by atoms with Crippen molar-refractivity contribution in [3.63, 3.8) is 0 Å². The molecule has 0 saturated carbocycles. The highest BCUT2D eigenvalue weighted by Crippen LogP contribution is 2.22. The first-order valence-electron chi connectivity index (χ1n) is 7.24. The van der Waals surface area contributed by atoms with E-state index in [1.54, 1.807) is 58.1 Å². The minimum atomic E-state index is -0.549. The van der Waals surface area contributed by atoms with Crippen molar-refractivity contribution >= 4 is 18.0 Å². The molecule has 122 valence electrons. The quantitative estimate of drug-likeness (QED) is 0.258. The van der Waals surface area contributed by atoms with Gasteiger partial charge in [-0.1, -0.05) is 24.8 Å². The van der Waals surface area contributed by atoms with E-state index < -0.39 is 5.41 Å². The normalized spacial score (nSPS) is 12.1. The Bertz CT molecular complexity index is 628. The molecule has 0 N–H and O–H groups in total. The van der Waals surface area contributed by atoms with Gasteiger partial charge in [0.2, 0.25) is 0 Å². The molecule has 23 heavy (non-hydrogen) atoms. The highest BCUT2D eigenvalue weighted by molar-refractivity contribution is 5.78. The third kappa shape index (κ3) is 5.94. The van der Waals surface area contributed by atoms with Gasteiger partial charge in [0.1, 0.15) is 11.5 Å². The third-order valence-corrected chi connectivity index (χ3v) is 2.97. The average Bonchev–Trinajstić information content (AvgIpc) is 2.50. The predicted molar refractivity (Wildman–Crippen MR) is 90.6 cm³/mol. The molecule has 0 fully saturated rings. The minimum Gasteiger partial charge on any atom is -0.429 e. The molecule has 0 unspecified atom stereocenters. The Kier molecular flexibility index (Phi) is 6.51. The van der Waals surface area contributed by atoms with Crippen molar-refractivity contribution in [2.45, 2.75) is 27.7 Å². The molecular formula is C19H22O4. The van der Waals surface area contributed by atoms with Gasteiger partial charge in [0.05, 0.1) is 5.41 Å². The van der Waals surface area contributed by atoms with Crippen LogP contribution in [0.4, 0.5) is 0 Å². The highest BCUT2D eigenvalue weighted by atomic mass is 16.5. The number of hydrogen-bond donors (Lipinski definition) is 0. The van der Waals surface area contributed by atoms with E-state index in [1.807, 2.05) is 12.1 Å². The van der Waals surface area contributed by atoms with Gasteiger partial charge in [-0.2, -0.15) is 0 Å². The molecule has 1 rings (SSSR count). The molecule has 0 bridgehead atoms. The first-order valence-corrected chi connectivity index (χ1v) is 7.24. The van der Waals surface area contributed by atoms with Crippen LogP contribution in [0.2, 0.25) is 0 Å². The second-order valence-electron chi connectivity index (χ2n) is 5.93. The lowest BCUT2D eigenvalue weighted by atomic mass is 9.97. The van der Waals surface area contributed by atoms with E-state index in [-0.39, 0.29) is 5.97 Å². The number of benzene rings is 1. The first kappa shape index (κ1) is 18.4. The summed E-state index contributed by atoms with van der Waals surface area (Å²) in [6.07, 6.45) is 5.08. The van der Waals surface area contributed by atoms with Crippen LogP contribution in [-0.4, -0.2) is 12.4 Å². The molecule has 0 aliphatic rings. The molecule has 0 aliphatic heterocycles. The largest absolute Gasteiger partial charge is 0.429 e. The molecule has 0 saturated heterocycles. The maximum atomic E-state index is 11.8. The van der Waals surface area contributed by atoms with Crippen LogP contribution in [0.25, 0.3) is 5.57 Å². The van der Waals surface area contributed by atoms with Crippen LogP contribution in [-0.2, 0) is 14.3 Å². The summed E-state index contributed by atoms with van der Waals surface area (Å²) >= 11 is 0. The number of carbonyl (C=O) groups excluding carboxylic acids is 2. The van der Waals surface area contributed by atoms with Gasteiger partial charge in [-0.15, -0.1) is 0 Å². The Hall–Kier alpha value is -2.62. The van der Waals surface area contributed by atoms with Crippen LogP contribution in [0.1, 0.15) is 33.3 Å². The van der Waals surface area contributed by atoms with Gasteiger partial charge in [0.25, 0.3) is 6.47 Å². The molecule has 0 aromatic heterocycles. The van der Waals surface area contributed by atoms with Crippen molar-refractivity contribution in [2.75, 3.05) is 0 Å². The molecule has 1 aromatic rings. The van der Waals surface area contributed by atoms with Crippen molar-refractivity contribution in [3.05, 3.63) is 60.4 Å². The van der Waals surface area contributed by atoms with Gasteiger partial charge < -0.3 is 9.47 Å². The fraction of sp³-hybridized carbons (Fsp3) is 0.263. The molecule has 0 spiro atoms. The Morgan fingerprint density at radius 3 is 2.22 bits per heavy atom. The average molecular weight is 314 g/mol. The zero-order valence-corrected chi connectivity index (χ0v) is 14.0. The maximum absolute atomic E-state index is 11.8. The second kappa shape index (κ2) is 8.13. The lowest BCUT2D eigenvalue weighted by molar-refractivity contribution is -0.143. The van der Waals surface area contributed by atoms with Crippen molar-refractivity contribution < 1.29 is 19.1 Å². The number of allylic oxidation sites excluding steroid dienone is 4. The lowest BCUT2D eigenvalue weighted by Gasteiger charge is -2.16. The molecule has 0 aliphatic carbocycles. The lowest BCUT2D eigenvalue weighted by Crippen LogP contribution is -2.25. The molecule has 0 radical (unpaired) electrons. The van der Waals surface area contributed by atoms with Crippen LogP contribution in [0.5, 0.6) is 5.75 Å². The summed E-state index contributed by atoms with van der Waals surface area (Å²) < 4.78 is 10.1. The van der Waals surface area contributed by atoms with E-state index in [0.29, 0.717) is 18.0 Å². The first-order chi connectivity index (χ1) is 10.8. The molecule has 4 heteroatoms. The van der Waals surface area contributed by atoms with Gasteiger partial charge >= 0.3 is 5.97 Å². The van der Waals surface area contributed by atoms with Gasteiger partial charge in [0, 0.05) is 0 Å². The van der Waals surface area contributed by atoms with Crippen LogP contribution in [0.15, 0.2) is 54.8 Å². The van der Waals surface area contributed by atoms with Crippen LogP contribution >= 0.6 is 0 Å². The fourth-order valence-electron chi connectivity index (χ4n) is 1.54.